The van der Waals surface area contributed by atoms with Gasteiger partial charge in [0.25, 0.3) is 0 Å². The van der Waals surface area contributed by atoms with Crippen molar-refractivity contribution in [3.63, 3.8) is 0 Å². The van der Waals surface area contributed by atoms with Gasteiger partial charge in [0.2, 0.25) is 0 Å². The maximum Gasteiger partial charge on any atom is 0.156 e. The van der Waals surface area contributed by atoms with Gasteiger partial charge in [0.1, 0.15) is 0 Å². The Morgan fingerprint density at radius 3 is 3.07 bits per heavy atom. The number of hydrogen-bond donors (Lipinski definition) is 1. The van der Waals surface area contributed by atoms with Gasteiger partial charge in [-0.05, 0) is 25.9 Å². The molecule has 0 amide bonds. The van der Waals surface area contributed by atoms with Crippen molar-refractivity contribution in [1.29, 1.82) is 0 Å². The average Bonchev–Trinajstić information content (AvgIpc) is 2.72. The molecule has 2 atom stereocenters. The van der Waals surface area contributed by atoms with Crippen LogP contribution in [0.5, 0.6) is 0 Å². The van der Waals surface area contributed by atoms with Crippen LogP contribution in [0.1, 0.15) is 13.3 Å². The van der Waals surface area contributed by atoms with Crippen molar-refractivity contribution < 1.29 is 0 Å². The highest BCUT2D eigenvalue weighted by Gasteiger charge is 2.21. The van der Waals surface area contributed by atoms with Crippen LogP contribution in [0.2, 0.25) is 0 Å². The summed E-state index contributed by atoms with van der Waals surface area (Å²) in [5, 5.41) is 5.29. The van der Waals surface area contributed by atoms with Crippen LogP contribution in [0.15, 0.2) is 4.99 Å². The van der Waals surface area contributed by atoms with E-state index in [0.29, 0.717) is 5.25 Å². The first-order valence-corrected chi connectivity index (χ1v) is 6.25. The second-order valence-corrected chi connectivity index (χ2v) is 5.80. The molecule has 0 saturated carbocycles. The Hall–Kier alpha value is -0.220. The van der Waals surface area contributed by atoms with Gasteiger partial charge in [-0.3, -0.25) is 4.99 Å². The summed E-state index contributed by atoms with van der Waals surface area (Å²) in [5.74, 6) is 0.819. The molecule has 0 aromatic carbocycles. The first-order valence-electron chi connectivity index (χ1n) is 5.37. The molecule has 14 heavy (non-hydrogen) atoms. The number of amidine groups is 1. The quantitative estimate of drug-likeness (QED) is 0.742. The van der Waals surface area contributed by atoms with Crippen molar-refractivity contribution in [2.75, 3.05) is 33.2 Å². The Labute approximate surface area is 90.3 Å². The molecule has 0 bridgehead atoms. The van der Waals surface area contributed by atoms with Crippen LogP contribution in [0.3, 0.4) is 0 Å². The molecule has 4 heteroatoms. The minimum absolute atomic E-state index is 0.670. The van der Waals surface area contributed by atoms with Crippen LogP contribution in [0.25, 0.3) is 0 Å². The lowest BCUT2D eigenvalue weighted by molar-refractivity contribution is 0.394. The number of thioether (sulfide) groups is 1. The molecule has 80 valence electrons. The zero-order chi connectivity index (χ0) is 9.97. The summed E-state index contributed by atoms with van der Waals surface area (Å²) in [6.45, 7) is 6.80. The van der Waals surface area contributed by atoms with Crippen molar-refractivity contribution >= 4 is 16.9 Å². The Morgan fingerprint density at radius 1 is 1.64 bits per heavy atom. The van der Waals surface area contributed by atoms with Gasteiger partial charge in [-0.1, -0.05) is 18.7 Å². The summed E-state index contributed by atoms with van der Waals surface area (Å²) >= 11 is 1.87. The molecular weight excluding hydrogens is 194 g/mol. The van der Waals surface area contributed by atoms with Gasteiger partial charge in [-0.25, -0.2) is 0 Å². The number of nitrogens with zero attached hydrogens (tertiary/aromatic N) is 2. The smallest absolute Gasteiger partial charge is 0.156 e. The number of hydrogen-bond acceptors (Lipinski definition) is 4. The third-order valence-corrected chi connectivity index (χ3v) is 3.88. The SMILES string of the molecule is CC1CN=C(NCC2CCN(C)C2)S1. The third kappa shape index (κ3) is 2.64. The van der Waals surface area contributed by atoms with E-state index in [-0.39, 0.29) is 0 Å². The summed E-state index contributed by atoms with van der Waals surface area (Å²) in [5.41, 5.74) is 0. The summed E-state index contributed by atoms with van der Waals surface area (Å²) in [4.78, 5) is 6.85. The standard InChI is InChI=1S/C10H19N3S/c1-8-5-11-10(14-8)12-6-9-3-4-13(2)7-9/h8-9H,3-7H2,1-2H3,(H,11,12). The molecule has 1 fully saturated rings. The minimum atomic E-state index is 0.670. The van der Waals surface area contributed by atoms with Gasteiger partial charge in [0.15, 0.2) is 5.17 Å². The predicted octanol–water partition coefficient (Wildman–Crippen LogP) is 1.02. The molecule has 0 aliphatic carbocycles. The zero-order valence-electron chi connectivity index (χ0n) is 8.99. The van der Waals surface area contributed by atoms with Crippen LogP contribution in [-0.4, -0.2) is 48.5 Å². The van der Waals surface area contributed by atoms with E-state index >= 15 is 0 Å². The third-order valence-electron chi connectivity index (χ3n) is 2.84. The lowest BCUT2D eigenvalue weighted by atomic mass is 10.1. The molecule has 2 unspecified atom stereocenters. The molecule has 0 aromatic rings. The fourth-order valence-corrected chi connectivity index (χ4v) is 2.84. The molecule has 2 heterocycles. The summed E-state index contributed by atoms with van der Waals surface area (Å²) in [6.07, 6.45) is 1.33. The maximum absolute atomic E-state index is 4.45. The lowest BCUT2D eigenvalue weighted by Gasteiger charge is -2.12. The monoisotopic (exact) mass is 213 g/mol. The van der Waals surface area contributed by atoms with Crippen molar-refractivity contribution in [2.45, 2.75) is 18.6 Å². The molecule has 0 spiro atoms. The van der Waals surface area contributed by atoms with Crippen LogP contribution in [0.4, 0.5) is 0 Å². The van der Waals surface area contributed by atoms with Crippen molar-refractivity contribution in [1.82, 2.24) is 10.2 Å². The van der Waals surface area contributed by atoms with E-state index in [4.69, 9.17) is 0 Å². The van der Waals surface area contributed by atoms with E-state index in [1.54, 1.807) is 0 Å². The predicted molar refractivity (Wildman–Crippen MR) is 63.0 cm³/mol. The molecule has 0 aromatic heterocycles. The van der Waals surface area contributed by atoms with Gasteiger partial charge in [0.05, 0.1) is 6.54 Å². The second-order valence-electron chi connectivity index (χ2n) is 4.37. The largest absolute Gasteiger partial charge is 0.365 e. The maximum atomic E-state index is 4.45. The molecule has 2 aliphatic heterocycles. The van der Waals surface area contributed by atoms with E-state index in [1.807, 2.05) is 11.8 Å². The Bertz CT molecular complexity index is 229. The summed E-state index contributed by atoms with van der Waals surface area (Å²) in [6, 6.07) is 0. The van der Waals surface area contributed by atoms with Crippen LogP contribution in [-0.2, 0) is 0 Å². The van der Waals surface area contributed by atoms with E-state index in [1.165, 1.54) is 19.5 Å². The van der Waals surface area contributed by atoms with Gasteiger partial charge in [-0.15, -0.1) is 0 Å². The van der Waals surface area contributed by atoms with Crippen LogP contribution < -0.4 is 5.32 Å². The topological polar surface area (TPSA) is 27.6 Å². The summed E-state index contributed by atoms with van der Waals surface area (Å²) < 4.78 is 0. The minimum Gasteiger partial charge on any atom is -0.365 e. The molecule has 2 rings (SSSR count). The molecule has 0 radical (unpaired) electrons. The zero-order valence-corrected chi connectivity index (χ0v) is 9.81. The lowest BCUT2D eigenvalue weighted by Crippen LogP contribution is -2.28. The highest BCUT2D eigenvalue weighted by atomic mass is 32.2. The first-order chi connectivity index (χ1) is 6.74. The van der Waals surface area contributed by atoms with Gasteiger partial charge >= 0.3 is 0 Å². The Kier molecular flexibility index (Phi) is 3.34. The Morgan fingerprint density at radius 2 is 2.50 bits per heavy atom. The van der Waals surface area contributed by atoms with Crippen LogP contribution in [0, 0.1) is 5.92 Å². The van der Waals surface area contributed by atoms with Gasteiger partial charge < -0.3 is 10.2 Å². The van der Waals surface area contributed by atoms with E-state index in [9.17, 15) is 0 Å². The highest BCUT2D eigenvalue weighted by Crippen LogP contribution is 2.19. The number of nitrogens with one attached hydrogen (secondary N) is 1. The molecule has 1 saturated heterocycles. The fourth-order valence-electron chi connectivity index (χ4n) is 2.00. The van der Waals surface area contributed by atoms with E-state index in [2.05, 4.69) is 29.2 Å². The molecular formula is C10H19N3S. The fraction of sp³-hybridized carbons (Fsp3) is 0.900. The van der Waals surface area contributed by atoms with Gasteiger partial charge in [0, 0.05) is 18.3 Å². The average molecular weight is 213 g/mol. The second kappa shape index (κ2) is 4.53. The van der Waals surface area contributed by atoms with Crippen molar-refractivity contribution in [2.24, 2.45) is 10.9 Å². The molecule has 2 aliphatic rings. The number of likely N-dealkylation sites (tertiary alicyclic amines) is 1. The van der Waals surface area contributed by atoms with Crippen LogP contribution >= 0.6 is 11.8 Å². The number of aliphatic imine (C=N–C) groups is 1. The Balaban J connectivity index is 1.68. The van der Waals surface area contributed by atoms with Crippen molar-refractivity contribution in [3.05, 3.63) is 0 Å². The van der Waals surface area contributed by atoms with Gasteiger partial charge in [-0.2, -0.15) is 0 Å². The van der Waals surface area contributed by atoms with E-state index in [0.717, 1.165) is 24.2 Å². The highest BCUT2D eigenvalue weighted by molar-refractivity contribution is 8.14. The normalized spacial score (nSPS) is 33.4. The van der Waals surface area contributed by atoms with E-state index < -0.39 is 0 Å². The van der Waals surface area contributed by atoms with Crippen molar-refractivity contribution in [3.8, 4) is 0 Å². The molecule has 3 nitrogen and oxygen atoms in total. The number of rotatable bonds is 2. The molecule has 1 N–H and O–H groups in total. The summed E-state index contributed by atoms with van der Waals surface area (Å²) in [7, 11) is 2.20. The first kappa shape index (κ1) is 10.3.